The van der Waals surface area contributed by atoms with E-state index in [0.717, 1.165) is 13.0 Å². The highest BCUT2D eigenvalue weighted by Crippen LogP contribution is 2.25. The number of carbonyl (C=O) groups excluding carboxylic acids is 1. The Hall–Kier alpha value is -0.570. The van der Waals surface area contributed by atoms with Gasteiger partial charge in [0.2, 0.25) is 5.91 Å². The number of likely N-dealkylation sites (N-methyl/N-ethyl adjacent to an activating group) is 1. The number of rotatable bonds is 5. The van der Waals surface area contributed by atoms with Gasteiger partial charge >= 0.3 is 0 Å². The summed E-state index contributed by atoms with van der Waals surface area (Å²) in [5.41, 5.74) is 0. The van der Waals surface area contributed by atoms with Gasteiger partial charge in [0.25, 0.3) is 0 Å². The fourth-order valence-corrected chi connectivity index (χ4v) is 1.97. The summed E-state index contributed by atoms with van der Waals surface area (Å²) in [4.78, 5) is 11.3. The van der Waals surface area contributed by atoms with Crippen molar-refractivity contribution >= 4 is 5.91 Å². The first-order valence-corrected chi connectivity index (χ1v) is 5.61. The molecule has 1 unspecified atom stereocenters. The predicted molar refractivity (Wildman–Crippen MR) is 56.1 cm³/mol. The normalized spacial score (nSPS) is 19.6. The Kier molecular flexibility index (Phi) is 4.94. The molecule has 3 nitrogen and oxygen atoms in total. The molecule has 0 aromatic rings. The number of hydrogen-bond acceptors (Lipinski definition) is 2. The topological polar surface area (TPSA) is 38.3 Å². The second-order valence-corrected chi connectivity index (χ2v) is 3.99. The molecule has 0 aromatic heterocycles. The van der Waals surface area contributed by atoms with Crippen molar-refractivity contribution in [1.82, 2.24) is 5.32 Å². The third kappa shape index (κ3) is 3.29. The van der Waals surface area contributed by atoms with E-state index in [4.69, 9.17) is 4.74 Å². The lowest BCUT2D eigenvalue weighted by molar-refractivity contribution is -0.133. The lowest BCUT2D eigenvalue weighted by Crippen LogP contribution is -2.34. The highest BCUT2D eigenvalue weighted by Gasteiger charge is 2.20. The molecule has 0 radical (unpaired) electrons. The summed E-state index contributed by atoms with van der Waals surface area (Å²) in [6.45, 7) is 2.74. The van der Waals surface area contributed by atoms with Gasteiger partial charge in [-0.1, -0.05) is 19.8 Å². The van der Waals surface area contributed by atoms with Gasteiger partial charge in [-0.3, -0.25) is 4.79 Å². The van der Waals surface area contributed by atoms with Gasteiger partial charge in [-0.15, -0.1) is 0 Å². The smallest absolute Gasteiger partial charge is 0.248 e. The SMILES string of the molecule is CCC(OCC1CCCC1)C(=O)NC. The first-order chi connectivity index (χ1) is 6.77. The van der Waals surface area contributed by atoms with E-state index < -0.39 is 0 Å². The van der Waals surface area contributed by atoms with Crippen LogP contribution in [0.25, 0.3) is 0 Å². The molecule has 1 aliphatic carbocycles. The number of hydrogen-bond donors (Lipinski definition) is 1. The molecule has 0 aromatic carbocycles. The minimum atomic E-state index is -0.249. The largest absolute Gasteiger partial charge is 0.368 e. The molecule has 1 N–H and O–H groups in total. The van der Waals surface area contributed by atoms with Gasteiger partial charge in [-0.25, -0.2) is 0 Å². The first-order valence-electron chi connectivity index (χ1n) is 5.61. The maximum absolute atomic E-state index is 11.3. The van der Waals surface area contributed by atoms with Gasteiger partial charge in [0, 0.05) is 7.05 Å². The van der Waals surface area contributed by atoms with Crippen molar-refractivity contribution in [2.45, 2.75) is 45.1 Å². The van der Waals surface area contributed by atoms with Crippen LogP contribution in [0.5, 0.6) is 0 Å². The van der Waals surface area contributed by atoms with Crippen LogP contribution in [0.2, 0.25) is 0 Å². The number of carbonyl (C=O) groups is 1. The molecule has 0 aliphatic heterocycles. The van der Waals surface area contributed by atoms with Crippen LogP contribution in [0.15, 0.2) is 0 Å². The third-order valence-corrected chi connectivity index (χ3v) is 2.92. The molecule has 1 saturated carbocycles. The van der Waals surface area contributed by atoms with E-state index in [9.17, 15) is 4.79 Å². The van der Waals surface area contributed by atoms with Crippen LogP contribution in [0.3, 0.4) is 0 Å². The standard InChI is InChI=1S/C11H21NO2/c1-3-10(11(13)12-2)14-8-9-6-4-5-7-9/h9-10H,3-8H2,1-2H3,(H,12,13). The summed E-state index contributed by atoms with van der Waals surface area (Å²) in [5.74, 6) is 0.694. The van der Waals surface area contributed by atoms with E-state index in [1.165, 1.54) is 25.7 Å². The number of nitrogens with one attached hydrogen (secondary N) is 1. The molecule has 0 saturated heterocycles. The summed E-state index contributed by atoms with van der Waals surface area (Å²) in [5, 5.41) is 2.63. The zero-order valence-corrected chi connectivity index (χ0v) is 9.21. The number of ether oxygens (including phenoxy) is 1. The van der Waals surface area contributed by atoms with Crippen LogP contribution in [-0.2, 0) is 9.53 Å². The number of amides is 1. The van der Waals surface area contributed by atoms with Crippen molar-refractivity contribution in [3.05, 3.63) is 0 Å². The van der Waals surface area contributed by atoms with E-state index >= 15 is 0 Å². The fraction of sp³-hybridized carbons (Fsp3) is 0.909. The molecule has 14 heavy (non-hydrogen) atoms. The maximum Gasteiger partial charge on any atom is 0.248 e. The minimum absolute atomic E-state index is 0.00509. The molecule has 1 rings (SSSR count). The molecule has 0 bridgehead atoms. The Labute approximate surface area is 86.2 Å². The van der Waals surface area contributed by atoms with Crippen LogP contribution in [0, 0.1) is 5.92 Å². The second-order valence-electron chi connectivity index (χ2n) is 3.99. The average Bonchev–Trinajstić information content (AvgIpc) is 2.71. The van der Waals surface area contributed by atoms with E-state index in [1.807, 2.05) is 6.92 Å². The monoisotopic (exact) mass is 199 g/mol. The Morgan fingerprint density at radius 3 is 2.64 bits per heavy atom. The van der Waals surface area contributed by atoms with E-state index in [1.54, 1.807) is 7.05 Å². The Morgan fingerprint density at radius 1 is 1.50 bits per heavy atom. The summed E-state index contributed by atoms with van der Waals surface area (Å²) in [6, 6.07) is 0. The second kappa shape index (κ2) is 6.02. The van der Waals surface area contributed by atoms with Crippen molar-refractivity contribution < 1.29 is 9.53 Å². The van der Waals surface area contributed by atoms with Gasteiger partial charge < -0.3 is 10.1 Å². The summed E-state index contributed by atoms with van der Waals surface area (Å²) >= 11 is 0. The highest BCUT2D eigenvalue weighted by atomic mass is 16.5. The average molecular weight is 199 g/mol. The third-order valence-electron chi connectivity index (χ3n) is 2.92. The van der Waals surface area contributed by atoms with Crippen LogP contribution < -0.4 is 5.32 Å². The van der Waals surface area contributed by atoms with Gasteiger partial charge in [-0.2, -0.15) is 0 Å². The van der Waals surface area contributed by atoms with Crippen LogP contribution in [0.1, 0.15) is 39.0 Å². The van der Waals surface area contributed by atoms with Crippen LogP contribution in [0.4, 0.5) is 0 Å². The van der Waals surface area contributed by atoms with Crippen molar-refractivity contribution in [2.24, 2.45) is 5.92 Å². The Morgan fingerprint density at radius 2 is 2.14 bits per heavy atom. The zero-order chi connectivity index (χ0) is 10.4. The molecule has 0 spiro atoms. The van der Waals surface area contributed by atoms with Gasteiger partial charge in [0.1, 0.15) is 6.10 Å². The summed E-state index contributed by atoms with van der Waals surface area (Å²) in [7, 11) is 1.66. The zero-order valence-electron chi connectivity index (χ0n) is 9.21. The molecule has 3 heteroatoms. The fourth-order valence-electron chi connectivity index (χ4n) is 1.97. The van der Waals surface area contributed by atoms with E-state index in [2.05, 4.69) is 5.32 Å². The van der Waals surface area contributed by atoms with Crippen LogP contribution >= 0.6 is 0 Å². The van der Waals surface area contributed by atoms with E-state index in [-0.39, 0.29) is 12.0 Å². The molecule has 1 atom stereocenters. The minimum Gasteiger partial charge on any atom is -0.368 e. The van der Waals surface area contributed by atoms with E-state index in [0.29, 0.717) is 5.92 Å². The molecule has 1 fully saturated rings. The first kappa shape index (κ1) is 11.5. The summed E-state index contributed by atoms with van der Waals surface area (Å²) < 4.78 is 5.62. The quantitative estimate of drug-likeness (QED) is 0.732. The lowest BCUT2D eigenvalue weighted by Gasteiger charge is -2.17. The van der Waals surface area contributed by atoms with Gasteiger partial charge in [-0.05, 0) is 25.2 Å². The Bertz CT molecular complexity index is 176. The molecule has 82 valence electrons. The van der Waals surface area contributed by atoms with Gasteiger partial charge in [0.05, 0.1) is 6.61 Å². The van der Waals surface area contributed by atoms with Crippen molar-refractivity contribution in [3.63, 3.8) is 0 Å². The van der Waals surface area contributed by atoms with Crippen molar-refractivity contribution in [3.8, 4) is 0 Å². The predicted octanol–water partition coefficient (Wildman–Crippen LogP) is 1.72. The Balaban J connectivity index is 2.22. The molecular formula is C11H21NO2. The van der Waals surface area contributed by atoms with Crippen LogP contribution in [-0.4, -0.2) is 25.7 Å². The lowest BCUT2D eigenvalue weighted by atomic mass is 10.1. The van der Waals surface area contributed by atoms with Gasteiger partial charge in [0.15, 0.2) is 0 Å². The highest BCUT2D eigenvalue weighted by molar-refractivity contribution is 5.80. The van der Waals surface area contributed by atoms with Crippen molar-refractivity contribution in [1.29, 1.82) is 0 Å². The maximum atomic E-state index is 11.3. The summed E-state index contributed by atoms with van der Waals surface area (Å²) in [6.07, 6.45) is 5.69. The molecule has 1 amide bonds. The molecular weight excluding hydrogens is 178 g/mol. The molecule has 1 aliphatic rings. The van der Waals surface area contributed by atoms with Crippen molar-refractivity contribution in [2.75, 3.05) is 13.7 Å². The molecule has 0 heterocycles.